The molecule has 23 heavy (non-hydrogen) atoms. The summed E-state index contributed by atoms with van der Waals surface area (Å²) in [7, 11) is 1.47. The lowest BCUT2D eigenvalue weighted by Crippen LogP contribution is -2.44. The minimum Gasteiger partial charge on any atom is -0.374 e. The average molecular weight is 336 g/mol. The average Bonchev–Trinajstić information content (AvgIpc) is 2.57. The van der Waals surface area contributed by atoms with Gasteiger partial charge in [0.15, 0.2) is 0 Å². The molecule has 1 aromatic rings. The zero-order chi connectivity index (χ0) is 16.8. The lowest BCUT2D eigenvalue weighted by atomic mass is 10.1. The van der Waals surface area contributed by atoms with E-state index in [-0.39, 0.29) is 5.91 Å². The van der Waals surface area contributed by atoms with Crippen molar-refractivity contribution in [2.45, 2.75) is 19.9 Å². The van der Waals surface area contributed by atoms with Gasteiger partial charge >= 0.3 is 6.03 Å². The minimum atomic E-state index is -0.501. The lowest BCUT2D eigenvalue weighted by molar-refractivity contribution is -0.120. The first-order chi connectivity index (χ1) is 11.0. The van der Waals surface area contributed by atoms with Crippen molar-refractivity contribution in [1.29, 1.82) is 0 Å². The summed E-state index contributed by atoms with van der Waals surface area (Å²) in [6.07, 6.45) is 0. The van der Waals surface area contributed by atoms with Gasteiger partial charge in [-0.05, 0) is 37.6 Å². The van der Waals surface area contributed by atoms with E-state index in [0.29, 0.717) is 0 Å². The second-order valence-corrected chi connectivity index (χ2v) is 6.76. The quantitative estimate of drug-likeness (QED) is 0.782. The van der Waals surface area contributed by atoms with Crippen LogP contribution in [0, 0.1) is 6.92 Å². The number of aryl methyl sites for hydroxylation is 1. The Morgan fingerprint density at radius 1 is 1.26 bits per heavy atom. The maximum Gasteiger partial charge on any atom is 0.321 e. The Morgan fingerprint density at radius 3 is 2.57 bits per heavy atom. The molecule has 1 heterocycles. The Morgan fingerprint density at radius 2 is 1.96 bits per heavy atom. The second kappa shape index (κ2) is 8.10. The van der Waals surface area contributed by atoms with Crippen LogP contribution in [0.25, 0.3) is 0 Å². The smallest absolute Gasteiger partial charge is 0.321 e. The fraction of sp³-hybridized carbons (Fsp3) is 0.500. The van der Waals surface area contributed by atoms with Crippen LogP contribution in [0.1, 0.15) is 12.5 Å². The normalized spacial score (nSPS) is 15.7. The molecule has 0 saturated carbocycles. The van der Waals surface area contributed by atoms with Crippen molar-refractivity contribution in [1.82, 2.24) is 10.6 Å². The van der Waals surface area contributed by atoms with Gasteiger partial charge in [0.1, 0.15) is 6.04 Å². The van der Waals surface area contributed by atoms with Crippen molar-refractivity contribution in [3.8, 4) is 0 Å². The van der Waals surface area contributed by atoms with Crippen molar-refractivity contribution >= 4 is 35.1 Å². The van der Waals surface area contributed by atoms with E-state index in [4.69, 9.17) is 0 Å². The van der Waals surface area contributed by atoms with Gasteiger partial charge in [-0.2, -0.15) is 11.8 Å². The van der Waals surface area contributed by atoms with E-state index < -0.39 is 12.1 Å². The molecule has 6 nitrogen and oxygen atoms in total. The molecule has 2 rings (SSSR count). The molecule has 7 heteroatoms. The summed E-state index contributed by atoms with van der Waals surface area (Å²) in [5.41, 5.74) is 3.20. The molecule has 1 aromatic carbocycles. The largest absolute Gasteiger partial charge is 0.374 e. The van der Waals surface area contributed by atoms with E-state index in [1.54, 1.807) is 6.92 Å². The van der Waals surface area contributed by atoms with E-state index in [2.05, 4.69) is 33.0 Å². The topological polar surface area (TPSA) is 73.5 Å². The Hall–Kier alpha value is -1.89. The maximum absolute atomic E-state index is 11.9. The number of imide groups is 1. The third-order valence-electron chi connectivity index (χ3n) is 3.82. The van der Waals surface area contributed by atoms with Crippen molar-refractivity contribution in [3.05, 3.63) is 23.8 Å². The summed E-state index contributed by atoms with van der Waals surface area (Å²) in [5.74, 6) is 1.96. The van der Waals surface area contributed by atoms with Gasteiger partial charge in [0.05, 0.1) is 0 Å². The van der Waals surface area contributed by atoms with Gasteiger partial charge in [-0.1, -0.05) is 0 Å². The number of nitrogens with one attached hydrogen (secondary N) is 3. The van der Waals surface area contributed by atoms with Gasteiger partial charge in [-0.3, -0.25) is 10.1 Å². The van der Waals surface area contributed by atoms with Crippen LogP contribution in [0.4, 0.5) is 16.2 Å². The van der Waals surface area contributed by atoms with Gasteiger partial charge < -0.3 is 15.5 Å². The van der Waals surface area contributed by atoms with Crippen molar-refractivity contribution in [2.75, 3.05) is 41.9 Å². The number of anilines is 2. The van der Waals surface area contributed by atoms with Gasteiger partial charge in [0.2, 0.25) is 5.91 Å². The first-order valence-electron chi connectivity index (χ1n) is 7.73. The first kappa shape index (κ1) is 17.5. The highest BCUT2D eigenvalue weighted by molar-refractivity contribution is 7.99. The predicted octanol–water partition coefficient (Wildman–Crippen LogP) is 1.80. The van der Waals surface area contributed by atoms with Gasteiger partial charge in [0.25, 0.3) is 0 Å². The summed E-state index contributed by atoms with van der Waals surface area (Å²) in [4.78, 5) is 25.5. The Bertz CT molecular complexity index is 573. The molecule has 0 aliphatic carbocycles. The number of carbonyl (C=O) groups excluding carboxylic acids is 2. The van der Waals surface area contributed by atoms with Crippen LogP contribution < -0.4 is 20.9 Å². The highest BCUT2D eigenvalue weighted by Gasteiger charge is 2.17. The molecule has 0 spiro atoms. The monoisotopic (exact) mass is 336 g/mol. The molecule has 0 aromatic heterocycles. The van der Waals surface area contributed by atoms with E-state index in [9.17, 15) is 9.59 Å². The number of benzene rings is 1. The standard InChI is InChI=1S/C16H24N4O2S/c1-11-10-13(20-6-8-23-9-7-20)4-5-14(11)18-12(2)15(21)19-16(22)17-3/h4-5,10,12,18H,6-9H2,1-3H3,(H2,17,19,21,22)/t12-/m1/s1. The summed E-state index contributed by atoms with van der Waals surface area (Å²) in [5, 5.41) is 7.79. The van der Waals surface area contributed by atoms with E-state index in [1.807, 2.05) is 24.8 Å². The summed E-state index contributed by atoms with van der Waals surface area (Å²) >= 11 is 1.99. The van der Waals surface area contributed by atoms with E-state index in [1.165, 1.54) is 12.7 Å². The van der Waals surface area contributed by atoms with Crippen molar-refractivity contribution in [3.63, 3.8) is 0 Å². The number of thioether (sulfide) groups is 1. The molecule has 1 aliphatic heterocycles. The molecule has 0 unspecified atom stereocenters. The lowest BCUT2D eigenvalue weighted by Gasteiger charge is -2.29. The molecule has 1 atom stereocenters. The zero-order valence-electron chi connectivity index (χ0n) is 13.8. The Kier molecular flexibility index (Phi) is 6.15. The van der Waals surface area contributed by atoms with Crippen LogP contribution in [-0.2, 0) is 4.79 Å². The molecule has 1 fully saturated rings. The van der Waals surface area contributed by atoms with E-state index in [0.717, 1.165) is 35.8 Å². The summed E-state index contributed by atoms with van der Waals surface area (Å²) in [6.45, 7) is 5.89. The fourth-order valence-corrected chi connectivity index (χ4v) is 3.31. The predicted molar refractivity (Wildman–Crippen MR) is 96.4 cm³/mol. The number of nitrogens with zero attached hydrogens (tertiary/aromatic N) is 1. The van der Waals surface area contributed by atoms with Crippen LogP contribution in [0.3, 0.4) is 0 Å². The molecule has 0 bridgehead atoms. The Balaban J connectivity index is 2.00. The Labute approximate surface area is 141 Å². The number of amides is 3. The zero-order valence-corrected chi connectivity index (χ0v) is 14.6. The maximum atomic E-state index is 11.9. The van der Waals surface area contributed by atoms with Crippen molar-refractivity contribution in [2.24, 2.45) is 0 Å². The molecule has 126 valence electrons. The summed E-state index contributed by atoms with van der Waals surface area (Å²) < 4.78 is 0. The van der Waals surface area contributed by atoms with Crippen LogP contribution in [-0.4, -0.2) is 49.6 Å². The second-order valence-electron chi connectivity index (χ2n) is 5.53. The number of urea groups is 1. The first-order valence-corrected chi connectivity index (χ1v) is 8.89. The van der Waals surface area contributed by atoms with Crippen molar-refractivity contribution < 1.29 is 9.59 Å². The molecule has 3 N–H and O–H groups in total. The highest BCUT2D eigenvalue weighted by Crippen LogP contribution is 2.25. The van der Waals surface area contributed by atoms with Crippen LogP contribution >= 0.6 is 11.8 Å². The van der Waals surface area contributed by atoms with Gasteiger partial charge in [-0.15, -0.1) is 0 Å². The fourth-order valence-electron chi connectivity index (χ4n) is 2.41. The van der Waals surface area contributed by atoms with Crippen LogP contribution in [0.2, 0.25) is 0 Å². The number of carbonyl (C=O) groups is 2. The molecule has 0 radical (unpaired) electrons. The number of rotatable bonds is 4. The summed E-state index contributed by atoms with van der Waals surface area (Å²) in [6, 6.07) is 5.22. The minimum absolute atomic E-state index is 0.360. The van der Waals surface area contributed by atoms with Gasteiger partial charge in [-0.25, -0.2) is 4.79 Å². The van der Waals surface area contributed by atoms with Crippen LogP contribution in [0.15, 0.2) is 18.2 Å². The third-order valence-corrected chi connectivity index (χ3v) is 4.76. The molecule has 1 aliphatic rings. The van der Waals surface area contributed by atoms with Crippen LogP contribution in [0.5, 0.6) is 0 Å². The van der Waals surface area contributed by atoms with Gasteiger partial charge in [0, 0.05) is 43.0 Å². The molecule has 3 amide bonds. The third kappa shape index (κ3) is 4.79. The SMILES string of the molecule is CNC(=O)NC(=O)[C@@H](C)Nc1ccc(N2CCSCC2)cc1C. The highest BCUT2D eigenvalue weighted by atomic mass is 32.2. The number of hydrogen-bond acceptors (Lipinski definition) is 5. The number of hydrogen-bond donors (Lipinski definition) is 3. The molecular weight excluding hydrogens is 312 g/mol. The molecule has 1 saturated heterocycles. The van der Waals surface area contributed by atoms with E-state index >= 15 is 0 Å². The molecular formula is C16H24N4O2S.